The van der Waals surface area contributed by atoms with Crippen LogP contribution in [0.5, 0.6) is 0 Å². The number of fused-ring (bicyclic) bond motifs is 2. The molecule has 0 amide bonds. The molecule has 0 saturated heterocycles. The highest BCUT2D eigenvalue weighted by Gasteiger charge is 2.26. The maximum Gasteiger partial charge on any atom is 0.211 e. The molecular weight excluding hydrogens is 609 g/mol. The molecule has 4 heterocycles. The van der Waals surface area contributed by atoms with Gasteiger partial charge >= 0.3 is 0 Å². The van der Waals surface area contributed by atoms with Crippen LogP contribution >= 0.6 is 23.5 Å². The van der Waals surface area contributed by atoms with Gasteiger partial charge < -0.3 is 0 Å². The predicted octanol–water partition coefficient (Wildman–Crippen LogP) is 7.52. The quantitative estimate of drug-likeness (QED) is 0.186. The van der Waals surface area contributed by atoms with Crippen LogP contribution in [0.25, 0.3) is 11.4 Å². The predicted molar refractivity (Wildman–Crippen MR) is 185 cm³/mol. The Morgan fingerprint density at radius 3 is 1.24 bits per heavy atom. The molecule has 4 aromatic carbocycles. The summed E-state index contributed by atoms with van der Waals surface area (Å²) in [6, 6.07) is 41.8. The Hall–Kier alpha value is -5.06. The minimum atomic E-state index is 0.0800. The second-order valence-corrected chi connectivity index (χ2v) is 13.2. The Kier molecular flexibility index (Phi) is 7.87. The van der Waals surface area contributed by atoms with Crippen molar-refractivity contribution in [2.24, 2.45) is 0 Å². The zero-order valence-corrected chi connectivity index (χ0v) is 26.4. The number of nitrogens with one attached hydrogen (secondary N) is 2. The number of thioether (sulfide) groups is 2. The number of aromatic nitrogens is 6. The Labute approximate surface area is 275 Å². The smallest absolute Gasteiger partial charge is 0.211 e. The number of benzene rings is 4. The molecule has 46 heavy (non-hydrogen) atoms. The summed E-state index contributed by atoms with van der Waals surface area (Å²) in [7, 11) is 0. The first-order valence-electron chi connectivity index (χ1n) is 15.2. The second-order valence-electron chi connectivity index (χ2n) is 11.0. The topological polar surface area (TPSA) is 85.5 Å². The summed E-state index contributed by atoms with van der Waals surface area (Å²) in [6.45, 7) is 0. The van der Waals surface area contributed by atoms with Gasteiger partial charge in [-0.05, 0) is 34.4 Å². The van der Waals surface area contributed by atoms with Crippen molar-refractivity contribution < 1.29 is 0 Å². The third kappa shape index (κ3) is 5.84. The summed E-state index contributed by atoms with van der Waals surface area (Å²) in [6.07, 6.45) is 5.78. The zero-order chi connectivity index (χ0) is 30.7. The van der Waals surface area contributed by atoms with E-state index >= 15 is 0 Å². The second kappa shape index (κ2) is 12.7. The van der Waals surface area contributed by atoms with E-state index < -0.39 is 0 Å². The summed E-state index contributed by atoms with van der Waals surface area (Å²) < 4.78 is 4.05. The molecule has 2 aliphatic rings. The Bertz CT molecular complexity index is 1860. The summed E-state index contributed by atoms with van der Waals surface area (Å²) >= 11 is 3.38. The highest BCUT2D eigenvalue weighted by molar-refractivity contribution is 7.99. The van der Waals surface area contributed by atoms with Gasteiger partial charge in [0.25, 0.3) is 0 Å². The maximum absolute atomic E-state index is 4.65. The molecule has 226 valence electrons. The lowest BCUT2D eigenvalue weighted by molar-refractivity contribution is 0.707. The minimum Gasteiger partial charge on any atom is -0.290 e. The Morgan fingerprint density at radius 2 is 0.848 bits per heavy atom. The van der Waals surface area contributed by atoms with Gasteiger partial charge in [0.15, 0.2) is 11.6 Å². The van der Waals surface area contributed by atoms with E-state index in [1.165, 1.54) is 11.1 Å². The first-order valence-corrected chi connectivity index (χ1v) is 16.9. The lowest BCUT2D eigenvalue weighted by atomic mass is 10.1. The van der Waals surface area contributed by atoms with E-state index in [2.05, 4.69) is 140 Å². The van der Waals surface area contributed by atoms with E-state index in [1.54, 1.807) is 23.5 Å². The first kappa shape index (κ1) is 28.4. The number of hydrogen-bond acceptors (Lipinski definition) is 8. The third-order valence-electron chi connectivity index (χ3n) is 7.96. The number of nitrogens with zero attached hydrogens (tertiary/aromatic N) is 6. The van der Waals surface area contributed by atoms with Gasteiger partial charge in [0.2, 0.25) is 10.3 Å². The summed E-state index contributed by atoms with van der Waals surface area (Å²) in [5.74, 6) is 1.66. The minimum absolute atomic E-state index is 0.0800. The molecule has 2 atom stereocenters. The summed E-state index contributed by atoms with van der Waals surface area (Å²) in [5.41, 5.74) is 13.9. The normalized spacial score (nSPS) is 17.3. The fourth-order valence-electron chi connectivity index (χ4n) is 5.61. The molecule has 8 nitrogen and oxygen atoms in total. The molecule has 2 N–H and O–H groups in total. The van der Waals surface area contributed by atoms with Crippen molar-refractivity contribution >= 4 is 34.9 Å². The van der Waals surface area contributed by atoms with E-state index in [4.69, 9.17) is 0 Å². The molecule has 8 rings (SSSR count). The van der Waals surface area contributed by atoms with Gasteiger partial charge in [0.05, 0.1) is 21.9 Å². The van der Waals surface area contributed by atoms with Crippen LogP contribution in [0.2, 0.25) is 0 Å². The molecular formula is C36H30N8S2. The molecule has 0 spiro atoms. The highest BCUT2D eigenvalue weighted by atomic mass is 32.2. The fourth-order valence-corrected chi connectivity index (χ4v) is 7.75. The van der Waals surface area contributed by atoms with Crippen molar-refractivity contribution in [2.45, 2.75) is 33.7 Å². The summed E-state index contributed by atoms with van der Waals surface area (Å²) in [4.78, 5) is 0. The zero-order valence-electron chi connectivity index (χ0n) is 24.8. The lowest BCUT2D eigenvalue weighted by Crippen LogP contribution is -2.19. The van der Waals surface area contributed by atoms with Crippen molar-refractivity contribution in [1.29, 1.82) is 0 Å². The molecule has 0 aliphatic carbocycles. The molecule has 2 aliphatic heterocycles. The molecule has 0 bridgehead atoms. The van der Waals surface area contributed by atoms with Crippen LogP contribution in [0.4, 0.5) is 0 Å². The van der Waals surface area contributed by atoms with Crippen LogP contribution in [-0.4, -0.2) is 29.7 Å². The largest absolute Gasteiger partial charge is 0.290 e. The van der Waals surface area contributed by atoms with Gasteiger partial charge in [0, 0.05) is 12.8 Å². The third-order valence-corrected chi connectivity index (χ3v) is 10.2. The SMILES string of the molecule is C1=C(c2ccccc2)Nn2c(CCc3nnc4n3NC(c3ccccc3)=CC(c3ccccc3)S4)nnc2SC1c1ccccc1. The first-order chi connectivity index (χ1) is 22.8. The number of rotatable bonds is 7. The Morgan fingerprint density at radius 1 is 0.478 bits per heavy atom. The van der Waals surface area contributed by atoms with E-state index in [-0.39, 0.29) is 10.5 Å². The monoisotopic (exact) mass is 638 g/mol. The number of aryl methyl sites for hydroxylation is 2. The van der Waals surface area contributed by atoms with Gasteiger partial charge in [-0.15, -0.1) is 20.4 Å². The lowest BCUT2D eigenvalue weighted by Gasteiger charge is -2.15. The van der Waals surface area contributed by atoms with E-state index in [1.807, 2.05) is 33.6 Å². The van der Waals surface area contributed by atoms with Gasteiger partial charge in [-0.25, -0.2) is 9.35 Å². The standard InChI is InChI=1S/C36H30N8S2/c1-5-13-25(14-6-1)29-23-31(27-17-9-3-10-18-27)45-35-39-37-33(43(35)41-29)21-22-34-38-40-36-44(34)42-30(26-15-7-2-8-16-26)24-32(46-36)28-19-11-4-12-20-28/h1-20,23-24,31-32,41-42H,21-22H2. The molecule has 0 radical (unpaired) electrons. The van der Waals surface area contributed by atoms with Gasteiger partial charge in [-0.3, -0.25) is 10.9 Å². The number of hydrogen-bond donors (Lipinski definition) is 2. The van der Waals surface area contributed by atoms with Crippen LogP contribution in [0.1, 0.15) is 44.4 Å². The van der Waals surface area contributed by atoms with E-state index in [0.717, 1.165) is 44.5 Å². The van der Waals surface area contributed by atoms with Gasteiger partial charge in [0.1, 0.15) is 0 Å². The average molecular weight is 639 g/mol. The van der Waals surface area contributed by atoms with Crippen molar-refractivity contribution in [1.82, 2.24) is 29.7 Å². The van der Waals surface area contributed by atoms with Gasteiger partial charge in [-0.1, -0.05) is 145 Å². The summed E-state index contributed by atoms with van der Waals surface area (Å²) in [5, 5.41) is 20.3. The average Bonchev–Trinajstić information content (AvgIpc) is 3.54. The fraction of sp³-hybridized carbons (Fsp3) is 0.111. The van der Waals surface area contributed by atoms with Crippen LogP contribution in [0, 0.1) is 0 Å². The van der Waals surface area contributed by atoms with Crippen molar-refractivity contribution in [2.75, 3.05) is 10.9 Å². The van der Waals surface area contributed by atoms with Gasteiger partial charge in [-0.2, -0.15) is 0 Å². The van der Waals surface area contributed by atoms with Crippen molar-refractivity contribution in [3.05, 3.63) is 167 Å². The molecule has 0 saturated carbocycles. The van der Waals surface area contributed by atoms with E-state index in [9.17, 15) is 0 Å². The Balaban J connectivity index is 1.09. The van der Waals surface area contributed by atoms with Crippen LogP contribution in [-0.2, 0) is 12.8 Å². The molecule has 6 aromatic rings. The van der Waals surface area contributed by atoms with Crippen LogP contribution in [0.15, 0.2) is 144 Å². The highest BCUT2D eigenvalue weighted by Crippen LogP contribution is 2.41. The van der Waals surface area contributed by atoms with Crippen molar-refractivity contribution in [3.8, 4) is 0 Å². The molecule has 10 heteroatoms. The molecule has 0 fully saturated rings. The molecule has 2 aromatic heterocycles. The van der Waals surface area contributed by atoms with Crippen LogP contribution < -0.4 is 10.9 Å². The maximum atomic E-state index is 4.65. The van der Waals surface area contributed by atoms with E-state index in [0.29, 0.717) is 12.8 Å². The molecule has 2 unspecified atom stereocenters. The van der Waals surface area contributed by atoms with Crippen molar-refractivity contribution in [3.63, 3.8) is 0 Å². The van der Waals surface area contributed by atoms with Crippen LogP contribution in [0.3, 0.4) is 0 Å².